The lowest BCUT2D eigenvalue weighted by Crippen LogP contribution is -2.38. The zero-order valence-electron chi connectivity index (χ0n) is 79.3. The van der Waals surface area contributed by atoms with Gasteiger partial charge in [-0.1, -0.05) is 159 Å². The standard InChI is InChI=1S/C27H21N5OS.C26H26N6O2S.C20H16N6OS.C16H16N6OS.C16H14N6OS/c1-18-23(22-16-21(12-15-32(22)31-18)33-17-19-8-4-2-5-9-19)27-30-24(20-10-6-3-7-11-20)25(34-27)26-28-13-14-29-26;1-18-22(21-17-20(7-10-32(21)30-18)34-16-13-31-11-14-33-15-12-31)26-29-23(19-5-3-2-4-6-19)24(35-26)25-27-8-9-28-25;1-13-16(15-9-5-6-10-26(15)25-13)20-23-19(17(28-20)18-21-12-22-24-18)27-11-14-7-3-2-4-8-14;2*1-3-8-23-15-13(14-17-9-18-20-14)24-16(19-15)12-10(2)21-22-7-5-4-6-11(12)22/h2-16H,17H2,1H3,(H,28,29);2-10,17H,11-16H2,1H3,(H,27,28);2-10,12H,11H2,1H3,(H,21,22,24);4-7,9H,3,8H2,1-2H3,(H,17,18,20);3-7,9H,1,8H2,2H3,(H,17,18,20). The molecule has 0 aliphatic carbocycles. The van der Waals surface area contributed by atoms with Gasteiger partial charge in [0, 0.05) is 98.7 Å². The summed E-state index contributed by atoms with van der Waals surface area (Å²) in [5.41, 5.74) is 20.7. The number of hydrogen-bond acceptors (Lipinski definition) is 30. The molecule has 1 aliphatic rings. The first-order chi connectivity index (χ1) is 71.4. The van der Waals surface area contributed by atoms with Crippen LogP contribution in [0.1, 0.15) is 52.9 Å². The lowest BCUT2D eigenvalue weighted by Gasteiger charge is -2.26. The summed E-state index contributed by atoms with van der Waals surface area (Å²) in [6.45, 7) is 22.7. The second-order valence-corrected chi connectivity index (χ2v) is 38.0. The molecule has 40 heteroatoms. The van der Waals surface area contributed by atoms with Crippen LogP contribution in [0.15, 0.2) is 288 Å². The van der Waals surface area contributed by atoms with Crippen LogP contribution in [-0.2, 0) is 18.0 Å². The molecule has 20 aromatic heterocycles. The zero-order chi connectivity index (χ0) is 98.5. The Morgan fingerprint density at radius 1 is 0.366 bits per heavy atom. The van der Waals surface area contributed by atoms with Crippen LogP contribution in [0.4, 0.5) is 0 Å². The van der Waals surface area contributed by atoms with Gasteiger partial charge in [-0.2, -0.15) is 40.8 Å². The summed E-state index contributed by atoms with van der Waals surface area (Å²) in [6, 6.07) is 66.6. The van der Waals surface area contributed by atoms with Gasteiger partial charge in [-0.05, 0) is 101 Å². The Balaban J connectivity index is 0.000000108. The average Bonchev–Trinajstić information content (AvgIpc) is 1.60. The Kier molecular flexibility index (Phi) is 28.3. The minimum Gasteiger partial charge on any atom is -0.492 e. The number of hydrogen-bond donors (Lipinski definition) is 5. The van der Waals surface area contributed by atoms with Crippen molar-refractivity contribution in [2.75, 3.05) is 52.7 Å². The molecule has 25 rings (SSSR count). The summed E-state index contributed by atoms with van der Waals surface area (Å²) < 4.78 is 44.6. The fourth-order valence-corrected chi connectivity index (χ4v) is 22.0. The molecule has 21 heterocycles. The Morgan fingerprint density at radius 3 is 1.12 bits per heavy atom. The van der Waals surface area contributed by atoms with E-state index >= 15 is 0 Å². The molecule has 1 aliphatic heterocycles. The maximum Gasteiger partial charge on any atom is 0.236 e. The van der Waals surface area contributed by atoms with Crippen molar-refractivity contribution in [2.24, 2.45) is 0 Å². The summed E-state index contributed by atoms with van der Waals surface area (Å²) in [7, 11) is 0. The van der Waals surface area contributed by atoms with E-state index in [9.17, 15) is 0 Å². The number of morpholine rings is 1. The topological polar surface area (TPSA) is 392 Å². The highest BCUT2D eigenvalue weighted by molar-refractivity contribution is 7.20. The second kappa shape index (κ2) is 43.6. The van der Waals surface area contributed by atoms with E-state index in [2.05, 4.69) is 147 Å². The van der Waals surface area contributed by atoms with Gasteiger partial charge in [0.05, 0.1) is 125 Å². The normalized spacial score (nSPS) is 12.0. The van der Waals surface area contributed by atoms with E-state index in [0.29, 0.717) is 68.1 Å². The number of pyridine rings is 5. The van der Waals surface area contributed by atoms with Gasteiger partial charge in [-0.25, -0.2) is 72.4 Å². The van der Waals surface area contributed by atoms with Crippen molar-refractivity contribution in [1.82, 2.24) is 143 Å². The maximum atomic E-state index is 6.12. The summed E-state index contributed by atoms with van der Waals surface area (Å²) in [4.78, 5) is 59.4. The molecular weight excluding hydrogens is 1920 g/mol. The first kappa shape index (κ1) is 94.2. The van der Waals surface area contributed by atoms with Crippen LogP contribution in [0.3, 0.4) is 0 Å². The highest BCUT2D eigenvalue weighted by Crippen LogP contribution is 2.48. The van der Waals surface area contributed by atoms with Crippen molar-refractivity contribution in [1.29, 1.82) is 0 Å². The number of thiazole rings is 5. The maximum absolute atomic E-state index is 6.12. The monoisotopic (exact) mass is 2020 g/mol. The van der Waals surface area contributed by atoms with Gasteiger partial charge in [0.2, 0.25) is 17.6 Å². The van der Waals surface area contributed by atoms with Crippen LogP contribution in [0.5, 0.6) is 29.1 Å². The molecule has 724 valence electrons. The molecule has 24 aromatic rings. The van der Waals surface area contributed by atoms with E-state index in [4.69, 9.17) is 58.6 Å². The van der Waals surface area contributed by atoms with Crippen molar-refractivity contribution in [3.63, 3.8) is 0 Å². The summed E-state index contributed by atoms with van der Waals surface area (Å²) in [5.74, 6) is 6.82. The first-order valence-electron chi connectivity index (χ1n) is 46.5. The van der Waals surface area contributed by atoms with Gasteiger partial charge < -0.3 is 38.4 Å². The molecule has 0 amide bonds. The fraction of sp³-hybridized carbons (Fsp3) is 0.162. The lowest BCUT2D eigenvalue weighted by atomic mass is 10.1. The van der Waals surface area contributed by atoms with Gasteiger partial charge in [0.25, 0.3) is 0 Å². The van der Waals surface area contributed by atoms with Crippen LogP contribution < -0.4 is 23.7 Å². The molecule has 0 saturated carbocycles. The molecule has 0 bridgehead atoms. The second-order valence-electron chi connectivity index (χ2n) is 33.0. The average molecular weight is 2020 g/mol. The third kappa shape index (κ3) is 20.8. The highest BCUT2D eigenvalue weighted by Gasteiger charge is 2.30. The van der Waals surface area contributed by atoms with Crippen molar-refractivity contribution in [2.45, 2.75) is 61.2 Å². The van der Waals surface area contributed by atoms with Crippen LogP contribution in [0, 0.1) is 34.6 Å². The number of H-pyrrole nitrogens is 5. The number of benzene rings is 4. The zero-order valence-corrected chi connectivity index (χ0v) is 83.3. The third-order valence-electron chi connectivity index (χ3n) is 23.3. The molecular formula is C105H93N29O6S5. The van der Waals surface area contributed by atoms with E-state index in [1.54, 1.807) is 41.1 Å². The summed E-state index contributed by atoms with van der Waals surface area (Å²) in [6.07, 6.45) is 23.9. The van der Waals surface area contributed by atoms with Crippen LogP contribution in [0.2, 0.25) is 0 Å². The number of ether oxygens (including phenoxy) is 6. The molecule has 0 atom stereocenters. The van der Waals surface area contributed by atoms with Crippen molar-refractivity contribution < 1.29 is 28.4 Å². The van der Waals surface area contributed by atoms with E-state index in [0.717, 1.165) is 229 Å². The van der Waals surface area contributed by atoms with Gasteiger partial charge in [-0.3, -0.25) is 20.2 Å². The van der Waals surface area contributed by atoms with Gasteiger partial charge in [0.15, 0.2) is 17.5 Å². The number of nitrogens with zero attached hydrogens (tertiary/aromatic N) is 24. The Hall–Kier alpha value is -17.0. The number of aromatic amines is 5. The first-order valence-corrected chi connectivity index (χ1v) is 50.6. The van der Waals surface area contributed by atoms with Crippen LogP contribution in [0.25, 0.3) is 156 Å². The SMILES string of the molecule is C=CCOc1nc(-c2c(C)nn3ccccc23)sc1-c1ncn[nH]1.CCCOc1nc(-c2c(C)nn3ccccc23)sc1-c1ncn[nH]1.Cc1nn2ccc(OCCN3CCOCC3)cc2c1-c1nc(-c2ccccc2)c(-c2ncc[nH]2)s1.Cc1nn2ccc(OCc3ccccc3)cc2c1-c1nc(-c2ccccc2)c(-c2ncc[nH]2)s1.Cc1nn2ccccc2c1-c1nc(OCc2ccccc2)c(-c2ncn[nH]2)s1. The quantitative estimate of drug-likeness (QED) is 0.0284. The Labute approximate surface area is 849 Å². The van der Waals surface area contributed by atoms with Gasteiger partial charge in [0.1, 0.15) is 108 Å². The van der Waals surface area contributed by atoms with E-state index in [-0.39, 0.29) is 0 Å². The lowest BCUT2D eigenvalue weighted by molar-refractivity contribution is 0.0322. The molecule has 0 unspecified atom stereocenters. The molecule has 1 saturated heterocycles. The minimum atomic E-state index is 0.373. The molecule has 145 heavy (non-hydrogen) atoms. The Bertz CT molecular complexity index is 8440. The highest BCUT2D eigenvalue weighted by atomic mass is 32.1. The van der Waals surface area contributed by atoms with Crippen molar-refractivity contribution >= 4 is 84.3 Å². The third-order valence-corrected chi connectivity index (χ3v) is 28.6. The smallest absolute Gasteiger partial charge is 0.236 e. The van der Waals surface area contributed by atoms with Gasteiger partial charge in [-0.15, -0.1) is 56.7 Å². The number of nitrogens with one attached hydrogen (secondary N) is 5. The number of aryl methyl sites for hydroxylation is 5. The minimum absolute atomic E-state index is 0.373. The number of imidazole rings is 2. The number of fused-ring (bicyclic) bond motifs is 5. The van der Waals surface area contributed by atoms with E-state index in [1.807, 2.05) is 258 Å². The van der Waals surface area contributed by atoms with Crippen molar-refractivity contribution in [3.05, 3.63) is 327 Å². The predicted molar refractivity (Wildman–Crippen MR) is 563 cm³/mol. The molecule has 0 spiro atoms. The molecule has 35 nitrogen and oxygen atoms in total. The molecule has 4 aromatic carbocycles. The molecule has 0 radical (unpaired) electrons. The van der Waals surface area contributed by atoms with Crippen LogP contribution in [-0.4, -0.2) is 196 Å². The summed E-state index contributed by atoms with van der Waals surface area (Å²) >= 11 is 7.78. The van der Waals surface area contributed by atoms with Crippen LogP contribution >= 0.6 is 56.7 Å². The number of aromatic nitrogens is 28. The number of rotatable bonds is 28. The van der Waals surface area contributed by atoms with Gasteiger partial charge >= 0.3 is 0 Å². The van der Waals surface area contributed by atoms with E-state index < -0.39 is 0 Å². The van der Waals surface area contributed by atoms with Crippen molar-refractivity contribution in [3.8, 4) is 158 Å². The Morgan fingerprint density at radius 2 is 0.731 bits per heavy atom. The summed E-state index contributed by atoms with van der Waals surface area (Å²) in [5, 5.41) is 48.0. The molecule has 5 N–H and O–H groups in total. The molecule has 1 fully saturated rings. The fourth-order valence-electron chi connectivity index (χ4n) is 16.5. The largest absolute Gasteiger partial charge is 0.492 e. The van der Waals surface area contributed by atoms with E-state index in [1.165, 1.54) is 53.0 Å². The predicted octanol–water partition coefficient (Wildman–Crippen LogP) is 21.5.